The highest BCUT2D eigenvalue weighted by atomic mass is 16.5. The summed E-state index contributed by atoms with van der Waals surface area (Å²) in [6.45, 7) is 2.11. The number of benzene rings is 3. The van der Waals surface area contributed by atoms with Crippen LogP contribution in [0.2, 0.25) is 0 Å². The molecule has 0 aliphatic carbocycles. The Morgan fingerprint density at radius 3 is 1.83 bits per heavy atom. The SMILES string of the molecule is CCOC(=O)c1cc(-c2ccccc2)c(-c2ccccc2)c(-c2ccccc2)n1. The van der Waals surface area contributed by atoms with Gasteiger partial charge in [0.1, 0.15) is 5.69 Å². The van der Waals surface area contributed by atoms with E-state index in [4.69, 9.17) is 9.72 Å². The van der Waals surface area contributed by atoms with Gasteiger partial charge in [-0.2, -0.15) is 0 Å². The van der Waals surface area contributed by atoms with Crippen molar-refractivity contribution >= 4 is 5.97 Å². The Balaban J connectivity index is 2.06. The lowest BCUT2D eigenvalue weighted by Gasteiger charge is -2.17. The van der Waals surface area contributed by atoms with Gasteiger partial charge in [-0.25, -0.2) is 9.78 Å². The van der Waals surface area contributed by atoms with Gasteiger partial charge in [0, 0.05) is 11.1 Å². The highest BCUT2D eigenvalue weighted by molar-refractivity contribution is 5.97. The normalized spacial score (nSPS) is 10.5. The molecule has 0 saturated carbocycles. The van der Waals surface area contributed by atoms with Crippen molar-refractivity contribution in [3.8, 4) is 33.5 Å². The summed E-state index contributed by atoms with van der Waals surface area (Å²) in [5.41, 5.74) is 6.05. The van der Waals surface area contributed by atoms with E-state index >= 15 is 0 Å². The molecule has 3 heteroatoms. The zero-order valence-corrected chi connectivity index (χ0v) is 16.2. The van der Waals surface area contributed by atoms with Crippen molar-refractivity contribution in [3.05, 3.63) is 103 Å². The minimum absolute atomic E-state index is 0.308. The lowest BCUT2D eigenvalue weighted by Crippen LogP contribution is -2.09. The van der Waals surface area contributed by atoms with E-state index in [2.05, 4.69) is 12.1 Å². The zero-order valence-electron chi connectivity index (χ0n) is 16.2. The molecule has 0 amide bonds. The molecule has 29 heavy (non-hydrogen) atoms. The first-order valence-corrected chi connectivity index (χ1v) is 9.66. The Hall–Kier alpha value is -3.72. The van der Waals surface area contributed by atoms with Gasteiger partial charge in [-0.3, -0.25) is 0 Å². The van der Waals surface area contributed by atoms with Gasteiger partial charge in [-0.05, 0) is 29.7 Å². The maximum Gasteiger partial charge on any atom is 0.356 e. The summed E-state index contributed by atoms with van der Waals surface area (Å²) in [4.78, 5) is 17.3. The van der Waals surface area contributed by atoms with Gasteiger partial charge in [0.25, 0.3) is 0 Å². The molecule has 0 radical (unpaired) electrons. The summed E-state index contributed by atoms with van der Waals surface area (Å²) in [6.07, 6.45) is 0. The van der Waals surface area contributed by atoms with E-state index in [1.54, 1.807) is 6.92 Å². The van der Waals surface area contributed by atoms with Crippen LogP contribution in [0, 0.1) is 0 Å². The van der Waals surface area contributed by atoms with Crippen molar-refractivity contribution in [3.63, 3.8) is 0 Å². The summed E-state index contributed by atoms with van der Waals surface area (Å²) in [6, 6.07) is 32.0. The van der Waals surface area contributed by atoms with E-state index in [0.29, 0.717) is 12.3 Å². The fourth-order valence-electron chi connectivity index (χ4n) is 3.40. The van der Waals surface area contributed by atoms with Crippen LogP contribution in [-0.2, 0) is 4.74 Å². The van der Waals surface area contributed by atoms with Crippen molar-refractivity contribution in [2.45, 2.75) is 6.92 Å². The molecule has 3 aromatic carbocycles. The van der Waals surface area contributed by atoms with Crippen molar-refractivity contribution in [1.29, 1.82) is 0 Å². The second kappa shape index (κ2) is 8.53. The molecule has 0 bridgehead atoms. The Labute approximate surface area is 170 Å². The van der Waals surface area contributed by atoms with Gasteiger partial charge < -0.3 is 4.74 Å². The number of esters is 1. The first kappa shape index (κ1) is 18.6. The van der Waals surface area contributed by atoms with Gasteiger partial charge in [-0.1, -0.05) is 91.0 Å². The zero-order chi connectivity index (χ0) is 20.1. The molecule has 0 spiro atoms. The van der Waals surface area contributed by atoms with Gasteiger partial charge in [0.2, 0.25) is 0 Å². The van der Waals surface area contributed by atoms with Crippen molar-refractivity contribution in [2.24, 2.45) is 0 Å². The van der Waals surface area contributed by atoms with Crippen LogP contribution in [0.15, 0.2) is 97.1 Å². The summed E-state index contributed by atoms with van der Waals surface area (Å²) < 4.78 is 5.25. The minimum Gasteiger partial charge on any atom is -0.461 e. The van der Waals surface area contributed by atoms with Gasteiger partial charge >= 0.3 is 5.97 Å². The number of ether oxygens (including phenoxy) is 1. The molecule has 3 nitrogen and oxygen atoms in total. The fraction of sp³-hybridized carbons (Fsp3) is 0.0769. The second-order valence-electron chi connectivity index (χ2n) is 6.60. The molecule has 4 rings (SSSR count). The Bertz CT molecular complexity index is 1050. The smallest absolute Gasteiger partial charge is 0.356 e. The molecule has 0 aliphatic heterocycles. The Morgan fingerprint density at radius 2 is 1.28 bits per heavy atom. The molecule has 0 N–H and O–H groups in total. The number of aromatic nitrogens is 1. The van der Waals surface area contributed by atoms with E-state index in [1.807, 2.05) is 84.9 Å². The van der Waals surface area contributed by atoms with Gasteiger partial charge in [0.15, 0.2) is 0 Å². The summed E-state index contributed by atoms with van der Waals surface area (Å²) in [5.74, 6) is -0.415. The van der Waals surface area contributed by atoms with Crippen LogP contribution >= 0.6 is 0 Å². The Kier molecular flexibility index (Phi) is 5.48. The third-order valence-corrected chi connectivity index (χ3v) is 4.70. The number of pyridine rings is 1. The third-order valence-electron chi connectivity index (χ3n) is 4.70. The average Bonchev–Trinajstić information content (AvgIpc) is 2.80. The molecule has 1 heterocycles. The maximum absolute atomic E-state index is 12.6. The average molecular weight is 379 g/mol. The summed E-state index contributed by atoms with van der Waals surface area (Å²) >= 11 is 0. The third kappa shape index (κ3) is 3.94. The number of carbonyl (C=O) groups is 1. The fourth-order valence-corrected chi connectivity index (χ4v) is 3.40. The van der Waals surface area contributed by atoms with E-state index in [0.717, 1.165) is 33.5 Å². The monoisotopic (exact) mass is 379 g/mol. The van der Waals surface area contributed by atoms with Crippen LogP contribution in [0.1, 0.15) is 17.4 Å². The molecule has 0 fully saturated rings. The topological polar surface area (TPSA) is 39.2 Å². The lowest BCUT2D eigenvalue weighted by molar-refractivity contribution is 0.0519. The summed E-state index contributed by atoms with van der Waals surface area (Å²) in [5, 5.41) is 0. The molecule has 4 aromatic rings. The van der Waals surface area contributed by atoms with Gasteiger partial charge in [-0.15, -0.1) is 0 Å². The molecule has 1 aromatic heterocycles. The molecule has 0 atom stereocenters. The number of carbonyl (C=O) groups excluding carboxylic acids is 1. The maximum atomic E-state index is 12.6. The van der Waals surface area contributed by atoms with Gasteiger partial charge in [0.05, 0.1) is 12.3 Å². The number of hydrogen-bond acceptors (Lipinski definition) is 3. The molecule has 0 saturated heterocycles. The van der Waals surface area contributed by atoms with Crippen LogP contribution in [0.25, 0.3) is 33.5 Å². The summed E-state index contributed by atoms with van der Waals surface area (Å²) in [7, 11) is 0. The first-order valence-electron chi connectivity index (χ1n) is 9.66. The highest BCUT2D eigenvalue weighted by Gasteiger charge is 2.20. The second-order valence-corrected chi connectivity index (χ2v) is 6.60. The molecule has 0 unspecified atom stereocenters. The molecule has 142 valence electrons. The van der Waals surface area contributed by atoms with Crippen LogP contribution in [-0.4, -0.2) is 17.6 Å². The van der Waals surface area contributed by atoms with Crippen LogP contribution in [0.5, 0.6) is 0 Å². The number of rotatable bonds is 5. The molecular formula is C26H21NO2. The van der Waals surface area contributed by atoms with Crippen LogP contribution < -0.4 is 0 Å². The van der Waals surface area contributed by atoms with Crippen LogP contribution in [0.3, 0.4) is 0 Å². The van der Waals surface area contributed by atoms with E-state index in [9.17, 15) is 4.79 Å². The van der Waals surface area contributed by atoms with Crippen molar-refractivity contribution in [1.82, 2.24) is 4.98 Å². The standard InChI is InChI=1S/C26H21NO2/c1-2-29-26(28)23-18-22(19-12-6-3-7-13-19)24(20-14-8-4-9-15-20)25(27-23)21-16-10-5-11-17-21/h3-18H,2H2,1H3. The predicted octanol–water partition coefficient (Wildman–Crippen LogP) is 6.26. The Morgan fingerprint density at radius 1 is 0.759 bits per heavy atom. The van der Waals surface area contributed by atoms with Crippen molar-refractivity contribution in [2.75, 3.05) is 6.61 Å². The highest BCUT2D eigenvalue weighted by Crippen LogP contribution is 2.39. The van der Waals surface area contributed by atoms with E-state index in [-0.39, 0.29) is 0 Å². The first-order chi connectivity index (χ1) is 14.3. The molecule has 0 aliphatic rings. The quantitative estimate of drug-likeness (QED) is 0.384. The van der Waals surface area contributed by atoms with E-state index in [1.165, 1.54) is 0 Å². The van der Waals surface area contributed by atoms with Crippen LogP contribution in [0.4, 0.5) is 0 Å². The lowest BCUT2D eigenvalue weighted by atomic mass is 9.90. The largest absolute Gasteiger partial charge is 0.461 e. The number of hydrogen-bond donors (Lipinski definition) is 0. The number of nitrogens with zero attached hydrogens (tertiary/aromatic N) is 1. The predicted molar refractivity (Wildman–Crippen MR) is 117 cm³/mol. The van der Waals surface area contributed by atoms with Crippen molar-refractivity contribution < 1.29 is 9.53 Å². The minimum atomic E-state index is -0.415. The van der Waals surface area contributed by atoms with E-state index < -0.39 is 5.97 Å². The molecular weight excluding hydrogens is 358 g/mol.